The molecular formula is C16H28N2. The van der Waals surface area contributed by atoms with Crippen molar-refractivity contribution in [3.8, 4) is 0 Å². The lowest BCUT2D eigenvalue weighted by Crippen LogP contribution is -2.45. The minimum Gasteiger partial charge on any atom is -0.309 e. The molecule has 0 aromatic heterocycles. The smallest absolute Gasteiger partial charge is 0.0477 e. The molecule has 1 N–H and O–H groups in total. The summed E-state index contributed by atoms with van der Waals surface area (Å²) >= 11 is 0. The maximum absolute atomic E-state index is 3.64. The fraction of sp³-hybridized carbons (Fsp3) is 0.625. The summed E-state index contributed by atoms with van der Waals surface area (Å²) in [7, 11) is 2.23. The van der Waals surface area contributed by atoms with Gasteiger partial charge < -0.3 is 5.32 Å². The van der Waals surface area contributed by atoms with E-state index in [9.17, 15) is 0 Å². The van der Waals surface area contributed by atoms with E-state index in [0.29, 0.717) is 18.1 Å². The quantitative estimate of drug-likeness (QED) is 0.795. The predicted molar refractivity (Wildman–Crippen MR) is 79.8 cm³/mol. The van der Waals surface area contributed by atoms with Crippen LogP contribution in [0, 0.1) is 0 Å². The van der Waals surface area contributed by atoms with Crippen LogP contribution >= 0.6 is 0 Å². The van der Waals surface area contributed by atoms with Crippen molar-refractivity contribution >= 4 is 0 Å². The van der Waals surface area contributed by atoms with Gasteiger partial charge in [-0.05, 0) is 39.4 Å². The summed E-state index contributed by atoms with van der Waals surface area (Å²) in [5.41, 5.74) is 1.39. The largest absolute Gasteiger partial charge is 0.309 e. The van der Waals surface area contributed by atoms with Gasteiger partial charge in [0.2, 0.25) is 0 Å². The minimum absolute atomic E-state index is 0.411. The average Bonchev–Trinajstić information content (AvgIpc) is 2.39. The van der Waals surface area contributed by atoms with E-state index < -0.39 is 0 Å². The van der Waals surface area contributed by atoms with Gasteiger partial charge in [-0.15, -0.1) is 0 Å². The molecule has 1 aromatic rings. The number of hydrogen-bond donors (Lipinski definition) is 1. The van der Waals surface area contributed by atoms with E-state index in [0.717, 1.165) is 13.0 Å². The zero-order valence-electron chi connectivity index (χ0n) is 12.5. The molecule has 102 valence electrons. The molecule has 0 radical (unpaired) electrons. The molecule has 1 rings (SSSR count). The Bertz CT molecular complexity index is 321. The second kappa shape index (κ2) is 7.55. The van der Waals surface area contributed by atoms with E-state index in [1.54, 1.807) is 0 Å². The summed E-state index contributed by atoms with van der Waals surface area (Å²) in [5.74, 6) is 0. The summed E-state index contributed by atoms with van der Waals surface area (Å²) in [6.07, 6.45) is 1.15. The van der Waals surface area contributed by atoms with Crippen molar-refractivity contribution in [2.45, 2.75) is 52.2 Å². The lowest BCUT2D eigenvalue weighted by atomic mass is 9.95. The van der Waals surface area contributed by atoms with Gasteiger partial charge in [-0.25, -0.2) is 0 Å². The van der Waals surface area contributed by atoms with E-state index in [2.05, 4.69) is 75.3 Å². The molecule has 0 fully saturated rings. The summed E-state index contributed by atoms with van der Waals surface area (Å²) in [6, 6.07) is 12.3. The fourth-order valence-corrected chi connectivity index (χ4v) is 2.50. The highest BCUT2D eigenvalue weighted by molar-refractivity contribution is 5.20. The van der Waals surface area contributed by atoms with Crippen molar-refractivity contribution in [3.63, 3.8) is 0 Å². The Morgan fingerprint density at radius 1 is 1.11 bits per heavy atom. The van der Waals surface area contributed by atoms with Crippen molar-refractivity contribution in [1.82, 2.24) is 10.2 Å². The zero-order chi connectivity index (χ0) is 13.5. The molecular weight excluding hydrogens is 220 g/mol. The Hall–Kier alpha value is -0.860. The van der Waals surface area contributed by atoms with Crippen LogP contribution in [0.5, 0.6) is 0 Å². The van der Waals surface area contributed by atoms with Crippen molar-refractivity contribution in [2.24, 2.45) is 0 Å². The second-order valence-corrected chi connectivity index (χ2v) is 5.18. The SMILES string of the molecule is CCNC(c1ccccc1)C(CC)N(C)C(C)C. The Kier molecular flexibility index (Phi) is 6.37. The van der Waals surface area contributed by atoms with E-state index in [4.69, 9.17) is 0 Å². The van der Waals surface area contributed by atoms with Gasteiger partial charge in [0.15, 0.2) is 0 Å². The third kappa shape index (κ3) is 3.82. The van der Waals surface area contributed by atoms with Crippen LogP contribution in [0.3, 0.4) is 0 Å². The second-order valence-electron chi connectivity index (χ2n) is 5.18. The first-order valence-corrected chi connectivity index (χ1v) is 7.12. The number of nitrogens with one attached hydrogen (secondary N) is 1. The first kappa shape index (κ1) is 15.2. The van der Waals surface area contributed by atoms with Crippen LogP contribution in [0.15, 0.2) is 30.3 Å². The van der Waals surface area contributed by atoms with Crippen LogP contribution in [0.25, 0.3) is 0 Å². The van der Waals surface area contributed by atoms with Gasteiger partial charge in [0, 0.05) is 18.1 Å². The number of benzene rings is 1. The molecule has 0 amide bonds. The lowest BCUT2D eigenvalue weighted by molar-refractivity contribution is 0.151. The highest BCUT2D eigenvalue weighted by atomic mass is 15.2. The molecule has 0 aliphatic carbocycles. The molecule has 2 atom stereocenters. The van der Waals surface area contributed by atoms with Crippen LogP contribution in [-0.4, -0.2) is 30.6 Å². The van der Waals surface area contributed by atoms with Crippen molar-refractivity contribution in [3.05, 3.63) is 35.9 Å². The van der Waals surface area contributed by atoms with Crippen molar-refractivity contribution in [2.75, 3.05) is 13.6 Å². The van der Waals surface area contributed by atoms with Crippen LogP contribution in [0.4, 0.5) is 0 Å². The number of hydrogen-bond acceptors (Lipinski definition) is 2. The van der Waals surface area contributed by atoms with E-state index in [1.165, 1.54) is 5.56 Å². The molecule has 18 heavy (non-hydrogen) atoms. The molecule has 1 aromatic carbocycles. The Labute approximate surface area is 112 Å². The summed E-state index contributed by atoms with van der Waals surface area (Å²) in [6.45, 7) is 9.98. The molecule has 0 aliphatic heterocycles. The molecule has 2 unspecified atom stereocenters. The number of likely N-dealkylation sites (N-methyl/N-ethyl adjacent to an activating group) is 2. The van der Waals surface area contributed by atoms with Gasteiger partial charge in [-0.2, -0.15) is 0 Å². The topological polar surface area (TPSA) is 15.3 Å². The maximum atomic E-state index is 3.64. The Balaban J connectivity index is 2.95. The zero-order valence-corrected chi connectivity index (χ0v) is 12.5. The van der Waals surface area contributed by atoms with Crippen molar-refractivity contribution in [1.29, 1.82) is 0 Å². The maximum Gasteiger partial charge on any atom is 0.0477 e. The molecule has 0 saturated heterocycles. The molecule has 2 nitrogen and oxygen atoms in total. The molecule has 0 aliphatic rings. The summed E-state index contributed by atoms with van der Waals surface area (Å²) in [5, 5.41) is 3.64. The molecule has 0 spiro atoms. The fourth-order valence-electron chi connectivity index (χ4n) is 2.50. The van der Waals surface area contributed by atoms with Gasteiger partial charge in [0.25, 0.3) is 0 Å². The van der Waals surface area contributed by atoms with Gasteiger partial charge in [-0.3, -0.25) is 4.90 Å². The third-order valence-corrected chi connectivity index (χ3v) is 3.72. The van der Waals surface area contributed by atoms with Gasteiger partial charge in [0.1, 0.15) is 0 Å². The van der Waals surface area contributed by atoms with E-state index >= 15 is 0 Å². The van der Waals surface area contributed by atoms with Crippen molar-refractivity contribution < 1.29 is 0 Å². The highest BCUT2D eigenvalue weighted by Crippen LogP contribution is 2.23. The summed E-state index contributed by atoms with van der Waals surface area (Å²) < 4.78 is 0. The van der Waals surface area contributed by atoms with Crippen LogP contribution in [-0.2, 0) is 0 Å². The standard InChI is InChI=1S/C16H28N2/c1-6-15(18(5)13(3)4)16(17-7-2)14-11-9-8-10-12-14/h8-13,15-17H,6-7H2,1-5H3. The van der Waals surface area contributed by atoms with Crippen LogP contribution in [0.2, 0.25) is 0 Å². The predicted octanol–water partition coefficient (Wildman–Crippen LogP) is 3.46. The lowest BCUT2D eigenvalue weighted by Gasteiger charge is -2.37. The molecule has 0 saturated carbocycles. The van der Waals surface area contributed by atoms with Gasteiger partial charge >= 0.3 is 0 Å². The summed E-state index contributed by atoms with van der Waals surface area (Å²) in [4.78, 5) is 2.47. The van der Waals surface area contributed by atoms with Gasteiger partial charge in [0.05, 0.1) is 0 Å². The first-order chi connectivity index (χ1) is 8.61. The van der Waals surface area contributed by atoms with Crippen LogP contribution in [0.1, 0.15) is 45.7 Å². The normalized spacial score (nSPS) is 15.1. The number of rotatable bonds is 7. The third-order valence-electron chi connectivity index (χ3n) is 3.72. The average molecular weight is 248 g/mol. The van der Waals surface area contributed by atoms with Crippen LogP contribution < -0.4 is 5.32 Å². The Morgan fingerprint density at radius 3 is 2.17 bits per heavy atom. The molecule has 0 heterocycles. The van der Waals surface area contributed by atoms with E-state index in [1.807, 2.05) is 0 Å². The highest BCUT2D eigenvalue weighted by Gasteiger charge is 2.25. The molecule has 2 heteroatoms. The Morgan fingerprint density at radius 2 is 1.72 bits per heavy atom. The van der Waals surface area contributed by atoms with E-state index in [-0.39, 0.29) is 0 Å². The van der Waals surface area contributed by atoms with Gasteiger partial charge in [-0.1, -0.05) is 44.2 Å². The monoisotopic (exact) mass is 248 g/mol. The molecule has 0 bridgehead atoms. The first-order valence-electron chi connectivity index (χ1n) is 7.12. The number of nitrogens with zero attached hydrogens (tertiary/aromatic N) is 1. The minimum atomic E-state index is 0.411.